The van der Waals surface area contributed by atoms with Crippen LogP contribution in [-0.2, 0) is 10.0 Å². The highest BCUT2D eigenvalue weighted by atomic mass is 32.2. The van der Waals surface area contributed by atoms with Crippen LogP contribution in [0.25, 0.3) is 5.82 Å². The molecule has 2 heterocycles. The average molecular weight is 414 g/mol. The molecule has 0 atom stereocenters. The summed E-state index contributed by atoms with van der Waals surface area (Å²) in [7, 11) is -3.59. The van der Waals surface area contributed by atoms with Gasteiger partial charge in [-0.15, -0.1) is 0 Å². The van der Waals surface area contributed by atoms with E-state index in [2.05, 4.69) is 20.1 Å². The van der Waals surface area contributed by atoms with Gasteiger partial charge in [0.15, 0.2) is 5.82 Å². The normalized spacial score (nSPS) is 11.6. The SMILES string of the molecule is Cc1cc(C)n(-c2ccc(NC(=O)c3ccc(S(=O)(=O)NC(C)C)cc3)cn2)n1. The molecule has 0 radical (unpaired) electrons. The molecular weight excluding hydrogens is 390 g/mol. The Hall–Kier alpha value is -3.04. The first-order chi connectivity index (χ1) is 13.7. The molecule has 0 saturated heterocycles. The minimum absolute atomic E-state index is 0.110. The van der Waals surface area contributed by atoms with Gasteiger partial charge in [0.1, 0.15) is 0 Å². The molecule has 29 heavy (non-hydrogen) atoms. The largest absolute Gasteiger partial charge is 0.321 e. The fourth-order valence-corrected chi connectivity index (χ4v) is 4.06. The lowest BCUT2D eigenvalue weighted by atomic mass is 10.2. The zero-order chi connectivity index (χ0) is 21.2. The number of aromatic nitrogens is 3. The van der Waals surface area contributed by atoms with E-state index in [1.54, 1.807) is 36.9 Å². The van der Waals surface area contributed by atoms with E-state index in [0.717, 1.165) is 11.4 Å². The molecule has 0 aliphatic carbocycles. The zero-order valence-corrected chi connectivity index (χ0v) is 17.5. The van der Waals surface area contributed by atoms with Crippen LogP contribution in [0.2, 0.25) is 0 Å². The van der Waals surface area contributed by atoms with E-state index < -0.39 is 10.0 Å². The van der Waals surface area contributed by atoms with E-state index in [1.807, 2.05) is 19.9 Å². The van der Waals surface area contributed by atoms with Crippen LogP contribution in [0.15, 0.2) is 53.6 Å². The van der Waals surface area contributed by atoms with Gasteiger partial charge < -0.3 is 5.32 Å². The summed E-state index contributed by atoms with van der Waals surface area (Å²) in [6.07, 6.45) is 1.55. The van der Waals surface area contributed by atoms with Crippen molar-refractivity contribution in [3.63, 3.8) is 0 Å². The van der Waals surface area contributed by atoms with Crippen molar-refractivity contribution < 1.29 is 13.2 Å². The Balaban J connectivity index is 1.71. The van der Waals surface area contributed by atoms with E-state index >= 15 is 0 Å². The second-order valence-corrected chi connectivity index (χ2v) is 8.71. The third kappa shape index (κ3) is 4.87. The van der Waals surface area contributed by atoms with Gasteiger partial charge in [-0.3, -0.25) is 4.79 Å². The minimum Gasteiger partial charge on any atom is -0.321 e. The van der Waals surface area contributed by atoms with Gasteiger partial charge in [-0.2, -0.15) is 5.10 Å². The molecule has 3 aromatic rings. The summed E-state index contributed by atoms with van der Waals surface area (Å²) in [5.41, 5.74) is 2.74. The number of amides is 1. The smallest absolute Gasteiger partial charge is 0.255 e. The van der Waals surface area contributed by atoms with E-state index in [4.69, 9.17) is 0 Å². The van der Waals surface area contributed by atoms with Crippen LogP contribution in [-0.4, -0.2) is 35.1 Å². The molecule has 0 aliphatic heterocycles. The van der Waals surface area contributed by atoms with Crippen molar-refractivity contribution in [3.8, 4) is 5.82 Å². The molecular formula is C20H23N5O3S. The zero-order valence-electron chi connectivity index (χ0n) is 16.7. The number of sulfonamides is 1. The summed E-state index contributed by atoms with van der Waals surface area (Å²) >= 11 is 0. The lowest BCUT2D eigenvalue weighted by Crippen LogP contribution is -2.30. The summed E-state index contributed by atoms with van der Waals surface area (Å²) in [5, 5.41) is 7.13. The Morgan fingerprint density at radius 1 is 1.07 bits per heavy atom. The quantitative estimate of drug-likeness (QED) is 0.646. The highest BCUT2D eigenvalue weighted by Crippen LogP contribution is 2.15. The first kappa shape index (κ1) is 20.7. The molecule has 3 rings (SSSR count). The Bertz CT molecular complexity index is 1120. The monoisotopic (exact) mass is 413 g/mol. The molecule has 0 spiro atoms. The number of pyridine rings is 1. The number of hydrogen-bond acceptors (Lipinski definition) is 5. The lowest BCUT2D eigenvalue weighted by Gasteiger charge is -2.10. The van der Waals surface area contributed by atoms with Crippen molar-refractivity contribution in [1.82, 2.24) is 19.5 Å². The number of hydrogen-bond donors (Lipinski definition) is 2. The fraction of sp³-hybridized carbons (Fsp3) is 0.250. The van der Waals surface area contributed by atoms with E-state index in [0.29, 0.717) is 17.1 Å². The Morgan fingerprint density at radius 2 is 1.76 bits per heavy atom. The first-order valence-corrected chi connectivity index (χ1v) is 10.6. The maximum Gasteiger partial charge on any atom is 0.255 e. The van der Waals surface area contributed by atoms with Gasteiger partial charge in [0.05, 0.1) is 22.5 Å². The van der Waals surface area contributed by atoms with E-state index in [1.165, 1.54) is 24.3 Å². The van der Waals surface area contributed by atoms with Crippen LogP contribution in [0.3, 0.4) is 0 Å². The molecule has 0 bridgehead atoms. The summed E-state index contributed by atoms with van der Waals surface area (Å²) in [4.78, 5) is 16.9. The first-order valence-electron chi connectivity index (χ1n) is 9.09. The Labute approximate surface area is 170 Å². The van der Waals surface area contributed by atoms with Crippen LogP contribution in [0, 0.1) is 13.8 Å². The maximum atomic E-state index is 12.4. The number of benzene rings is 1. The summed E-state index contributed by atoms with van der Waals surface area (Å²) in [6.45, 7) is 7.34. The second kappa shape index (κ2) is 8.14. The summed E-state index contributed by atoms with van der Waals surface area (Å²) in [6, 6.07) is 11.0. The van der Waals surface area contributed by atoms with Gasteiger partial charge in [-0.1, -0.05) is 0 Å². The topological polar surface area (TPSA) is 106 Å². The molecule has 8 nitrogen and oxygen atoms in total. The molecule has 0 saturated carbocycles. The molecule has 9 heteroatoms. The molecule has 2 N–H and O–H groups in total. The molecule has 1 amide bonds. The van der Waals surface area contributed by atoms with Crippen molar-refractivity contribution in [2.45, 2.75) is 38.6 Å². The van der Waals surface area contributed by atoms with Gasteiger partial charge in [0.25, 0.3) is 5.91 Å². The number of rotatable bonds is 6. The molecule has 0 unspecified atom stereocenters. The van der Waals surface area contributed by atoms with Crippen LogP contribution in [0.5, 0.6) is 0 Å². The van der Waals surface area contributed by atoms with Crippen molar-refractivity contribution in [3.05, 3.63) is 65.6 Å². The van der Waals surface area contributed by atoms with Crippen molar-refractivity contribution >= 4 is 21.6 Å². The third-order valence-electron chi connectivity index (χ3n) is 4.05. The van der Waals surface area contributed by atoms with Crippen molar-refractivity contribution in [1.29, 1.82) is 0 Å². The van der Waals surface area contributed by atoms with E-state index in [-0.39, 0.29) is 16.8 Å². The number of nitrogens with zero attached hydrogens (tertiary/aromatic N) is 3. The van der Waals surface area contributed by atoms with Gasteiger partial charge in [0, 0.05) is 17.3 Å². The highest BCUT2D eigenvalue weighted by Gasteiger charge is 2.16. The highest BCUT2D eigenvalue weighted by molar-refractivity contribution is 7.89. The second-order valence-electron chi connectivity index (χ2n) is 7.00. The lowest BCUT2D eigenvalue weighted by molar-refractivity contribution is 0.102. The van der Waals surface area contributed by atoms with Crippen LogP contribution in [0.4, 0.5) is 5.69 Å². The Morgan fingerprint density at radius 3 is 2.28 bits per heavy atom. The van der Waals surface area contributed by atoms with Crippen LogP contribution < -0.4 is 10.0 Å². The molecule has 152 valence electrons. The molecule has 2 aromatic heterocycles. The number of nitrogens with one attached hydrogen (secondary N) is 2. The van der Waals surface area contributed by atoms with E-state index in [9.17, 15) is 13.2 Å². The maximum absolute atomic E-state index is 12.4. The van der Waals surface area contributed by atoms with Crippen LogP contribution >= 0.6 is 0 Å². The predicted molar refractivity (Wildman–Crippen MR) is 111 cm³/mol. The summed E-state index contributed by atoms with van der Waals surface area (Å²) < 4.78 is 28.6. The molecule has 1 aromatic carbocycles. The molecule has 0 fully saturated rings. The number of carbonyl (C=O) groups excluding carboxylic acids is 1. The Kier molecular flexibility index (Phi) is 5.81. The third-order valence-corrected chi connectivity index (χ3v) is 5.72. The fourth-order valence-electron chi connectivity index (χ4n) is 2.81. The van der Waals surface area contributed by atoms with Crippen molar-refractivity contribution in [2.24, 2.45) is 0 Å². The van der Waals surface area contributed by atoms with Crippen molar-refractivity contribution in [2.75, 3.05) is 5.32 Å². The molecule has 0 aliphatic rings. The number of carbonyl (C=O) groups is 1. The standard InChI is InChI=1S/C20H23N5O3S/c1-13(2)24-29(27,28)18-8-5-16(6-9-18)20(26)22-17-7-10-19(21-12-17)25-15(4)11-14(3)23-25/h5-13,24H,1-4H3,(H,22,26). The van der Waals surface area contributed by atoms with Gasteiger partial charge >= 0.3 is 0 Å². The predicted octanol–water partition coefficient (Wildman–Crippen LogP) is 2.82. The van der Waals surface area contributed by atoms with Gasteiger partial charge in [-0.05, 0) is 70.2 Å². The van der Waals surface area contributed by atoms with Gasteiger partial charge in [-0.25, -0.2) is 22.8 Å². The minimum atomic E-state index is -3.59. The van der Waals surface area contributed by atoms with Crippen LogP contribution in [0.1, 0.15) is 35.6 Å². The number of anilines is 1. The number of aryl methyl sites for hydroxylation is 2. The van der Waals surface area contributed by atoms with Gasteiger partial charge in [0.2, 0.25) is 10.0 Å². The summed E-state index contributed by atoms with van der Waals surface area (Å²) in [5.74, 6) is 0.298. The average Bonchev–Trinajstić information content (AvgIpc) is 2.99.